The number of ether oxygens (including phenoxy) is 1. The lowest BCUT2D eigenvalue weighted by atomic mass is 10.0. The number of rotatable bonds is 8. The average molecular weight is 557 g/mol. The largest absolute Gasteiger partial charge is 0.489 e. The Kier molecular flexibility index (Phi) is 6.04. The summed E-state index contributed by atoms with van der Waals surface area (Å²) in [6.45, 7) is -1.15. The fourth-order valence-corrected chi connectivity index (χ4v) is 5.55. The average Bonchev–Trinajstić information content (AvgIpc) is 3.82. The van der Waals surface area contributed by atoms with Gasteiger partial charge >= 0.3 is 5.97 Å². The van der Waals surface area contributed by atoms with Gasteiger partial charge in [0.2, 0.25) is 0 Å². The number of carboxylic acid groups (broad SMARTS) is 1. The third-order valence-corrected chi connectivity index (χ3v) is 7.73. The molecule has 6 rings (SSSR count). The highest BCUT2D eigenvalue weighted by Crippen LogP contribution is 2.56. The Morgan fingerprint density at radius 3 is 2.57 bits per heavy atom. The van der Waals surface area contributed by atoms with E-state index in [2.05, 4.69) is 10.1 Å². The van der Waals surface area contributed by atoms with Crippen molar-refractivity contribution >= 4 is 40.8 Å². The Labute approximate surface area is 229 Å². The summed E-state index contributed by atoms with van der Waals surface area (Å²) >= 11 is 19.4. The van der Waals surface area contributed by atoms with E-state index in [4.69, 9.17) is 45.4 Å². The van der Waals surface area contributed by atoms with Gasteiger partial charge in [-0.05, 0) is 66.5 Å². The van der Waals surface area contributed by atoms with E-state index in [0.29, 0.717) is 43.4 Å². The number of pyridine rings is 1. The molecule has 0 saturated heterocycles. The van der Waals surface area contributed by atoms with Crippen LogP contribution in [-0.4, -0.2) is 21.2 Å². The van der Waals surface area contributed by atoms with Crippen LogP contribution in [0.4, 0.5) is 0 Å². The van der Waals surface area contributed by atoms with Gasteiger partial charge in [0, 0.05) is 28.9 Å². The van der Waals surface area contributed by atoms with Crippen LogP contribution in [0.15, 0.2) is 59.4 Å². The number of halogens is 3. The van der Waals surface area contributed by atoms with E-state index >= 15 is 0 Å². The van der Waals surface area contributed by atoms with Gasteiger partial charge in [0.1, 0.15) is 23.8 Å². The van der Waals surface area contributed by atoms with Crippen LogP contribution in [0.3, 0.4) is 0 Å². The van der Waals surface area contributed by atoms with E-state index in [0.717, 1.165) is 30.4 Å². The van der Waals surface area contributed by atoms with Gasteiger partial charge in [-0.1, -0.05) is 58.2 Å². The Bertz CT molecular complexity index is 1530. The fourth-order valence-electron chi connectivity index (χ4n) is 4.70. The van der Waals surface area contributed by atoms with Gasteiger partial charge in [0.15, 0.2) is 0 Å². The summed E-state index contributed by atoms with van der Waals surface area (Å²) in [5.74, 6) is 0.676. The minimum atomic E-state index is -1.15. The summed E-state index contributed by atoms with van der Waals surface area (Å²) in [7, 11) is 0. The zero-order valence-electron chi connectivity index (χ0n) is 20.3. The van der Waals surface area contributed by atoms with Gasteiger partial charge in [-0.2, -0.15) is 0 Å². The van der Waals surface area contributed by atoms with Crippen LogP contribution < -0.4 is 4.74 Å². The molecule has 2 saturated carbocycles. The minimum Gasteiger partial charge on any atom is -0.489 e. The van der Waals surface area contributed by atoms with Gasteiger partial charge in [0.05, 0.1) is 22.5 Å². The maximum absolute atomic E-state index is 11.3. The minimum absolute atomic E-state index is 0.180. The smallest absolute Gasteiger partial charge is 0.335 e. The molecule has 2 heterocycles. The highest BCUT2D eigenvalue weighted by Gasteiger charge is 2.41. The second kappa shape index (κ2) is 9.67. The molecule has 0 spiro atoms. The first-order chi connectivity index (χ1) is 18.3. The first-order valence-electron chi connectivity index (χ1n) is 12.4. The Balaban J connectivity index is 1.24. The fraction of sp³-hybridized carbons (Fsp3) is 0.250. The molecule has 188 valence electrons. The molecule has 0 amide bonds. The van der Waals surface area contributed by atoms with Gasteiger partial charge < -0.3 is 14.4 Å². The summed E-state index contributed by atoms with van der Waals surface area (Å²) < 4.78 is 20.5. The Morgan fingerprint density at radius 2 is 1.86 bits per heavy atom. The maximum Gasteiger partial charge on any atom is 0.335 e. The molecule has 0 radical (unpaired) electrons. The summed E-state index contributed by atoms with van der Waals surface area (Å²) in [6, 6.07) is 12.4. The third-order valence-electron chi connectivity index (χ3n) is 6.83. The number of benzene rings is 2. The van der Waals surface area contributed by atoms with Crippen LogP contribution in [0.5, 0.6) is 5.75 Å². The van der Waals surface area contributed by atoms with Gasteiger partial charge in [-0.3, -0.25) is 4.98 Å². The summed E-state index contributed by atoms with van der Waals surface area (Å²) in [5.41, 5.74) is 3.54. The standard InChI is InChI=1S/C28H21Cl3N2O4/c29-22-9-17(6-7-18(22)20-10-19(20)15-2-1-3-16(8-15)28(34)35)36-13-21-26(33-37-27(21)14-4-5-14)25-23(30)11-32-12-24(25)31/h1-3,6-9,11-12,14,19-20H,4-5,10,13H2,(H,34,35)/i13D. The van der Waals surface area contributed by atoms with E-state index in [-0.39, 0.29) is 23.3 Å². The molecule has 2 fully saturated rings. The lowest BCUT2D eigenvalue weighted by Gasteiger charge is -2.11. The number of nitrogens with zero attached hydrogens (tertiary/aromatic N) is 2. The molecule has 3 atom stereocenters. The third kappa shape index (κ3) is 4.81. The van der Waals surface area contributed by atoms with Crippen molar-refractivity contribution in [1.82, 2.24) is 10.1 Å². The van der Waals surface area contributed by atoms with Crippen LogP contribution in [0.2, 0.25) is 15.1 Å². The first kappa shape index (κ1) is 23.1. The molecule has 3 unspecified atom stereocenters. The predicted molar refractivity (Wildman–Crippen MR) is 141 cm³/mol. The Morgan fingerprint density at radius 1 is 1.08 bits per heavy atom. The predicted octanol–water partition coefficient (Wildman–Crippen LogP) is 8.12. The molecule has 2 aromatic heterocycles. The molecule has 37 heavy (non-hydrogen) atoms. The second-order valence-electron chi connectivity index (χ2n) is 9.36. The number of hydrogen-bond acceptors (Lipinski definition) is 5. The van der Waals surface area contributed by atoms with E-state index < -0.39 is 12.6 Å². The number of hydrogen-bond donors (Lipinski definition) is 1. The number of carboxylic acids is 1. The van der Waals surface area contributed by atoms with Crippen molar-refractivity contribution in [2.24, 2.45) is 0 Å². The molecular formula is C28H21Cl3N2O4. The molecule has 2 aromatic carbocycles. The van der Waals surface area contributed by atoms with Crippen molar-refractivity contribution in [2.75, 3.05) is 0 Å². The molecule has 2 aliphatic rings. The van der Waals surface area contributed by atoms with Crippen molar-refractivity contribution in [1.29, 1.82) is 0 Å². The molecule has 4 aromatic rings. The Hall–Kier alpha value is -3.06. The van der Waals surface area contributed by atoms with E-state index in [1.165, 1.54) is 12.4 Å². The van der Waals surface area contributed by atoms with Gasteiger partial charge in [-0.25, -0.2) is 4.79 Å². The van der Waals surface area contributed by atoms with E-state index in [9.17, 15) is 9.90 Å². The maximum atomic E-state index is 11.3. The molecule has 1 N–H and O–H groups in total. The van der Waals surface area contributed by atoms with Crippen molar-refractivity contribution in [2.45, 2.75) is 43.6 Å². The van der Waals surface area contributed by atoms with Crippen molar-refractivity contribution in [3.63, 3.8) is 0 Å². The zero-order chi connectivity index (χ0) is 26.6. The van der Waals surface area contributed by atoms with Crippen LogP contribution in [0, 0.1) is 0 Å². The molecule has 0 bridgehead atoms. The SMILES string of the molecule is [2H]C(Oc1ccc(C2CC2c2cccc(C(=O)O)c2)c(Cl)c1)c1c(-c2c(Cl)cncc2Cl)noc1C1CC1. The summed E-state index contributed by atoms with van der Waals surface area (Å²) in [6.07, 6.45) is 5.72. The summed E-state index contributed by atoms with van der Waals surface area (Å²) in [4.78, 5) is 15.3. The first-order valence-corrected chi connectivity index (χ1v) is 13.0. The molecular weight excluding hydrogens is 535 g/mol. The highest BCUT2D eigenvalue weighted by molar-refractivity contribution is 6.38. The van der Waals surface area contributed by atoms with E-state index in [1.54, 1.807) is 30.3 Å². The normalized spacial score (nSPS) is 19.8. The van der Waals surface area contributed by atoms with Crippen molar-refractivity contribution < 1.29 is 20.5 Å². The van der Waals surface area contributed by atoms with Crippen LogP contribution in [0.1, 0.15) is 71.2 Å². The number of carbonyl (C=O) groups is 1. The quantitative estimate of drug-likeness (QED) is 0.236. The molecule has 2 aliphatic carbocycles. The number of aromatic nitrogens is 2. The molecule has 6 nitrogen and oxygen atoms in total. The van der Waals surface area contributed by atoms with Gasteiger partial charge in [0.25, 0.3) is 0 Å². The zero-order valence-corrected chi connectivity index (χ0v) is 21.6. The lowest BCUT2D eigenvalue weighted by molar-refractivity contribution is 0.0696. The van der Waals surface area contributed by atoms with Gasteiger partial charge in [-0.15, -0.1) is 0 Å². The lowest BCUT2D eigenvalue weighted by Crippen LogP contribution is -2.00. The van der Waals surface area contributed by atoms with E-state index in [1.807, 2.05) is 12.1 Å². The van der Waals surface area contributed by atoms with Crippen LogP contribution in [0.25, 0.3) is 11.3 Å². The monoisotopic (exact) mass is 555 g/mol. The van der Waals surface area contributed by atoms with Crippen molar-refractivity contribution in [3.8, 4) is 17.0 Å². The topological polar surface area (TPSA) is 85.5 Å². The second-order valence-corrected chi connectivity index (χ2v) is 10.6. The summed E-state index contributed by atoms with van der Waals surface area (Å²) in [5, 5.41) is 14.7. The van der Waals surface area contributed by atoms with Crippen molar-refractivity contribution in [3.05, 3.63) is 97.9 Å². The van der Waals surface area contributed by atoms with Crippen LogP contribution in [-0.2, 0) is 6.58 Å². The molecule has 9 heteroatoms. The number of aromatic carboxylic acids is 1. The van der Waals surface area contributed by atoms with Crippen LogP contribution >= 0.6 is 34.8 Å². The highest BCUT2D eigenvalue weighted by atomic mass is 35.5. The molecule has 0 aliphatic heterocycles.